The predicted molar refractivity (Wildman–Crippen MR) is 155 cm³/mol. The Morgan fingerprint density at radius 3 is 1.64 bits per heavy atom. The molecule has 0 atom stereocenters. The molecule has 3 rings (SSSR count). The molecule has 36 heavy (non-hydrogen) atoms. The van der Waals surface area contributed by atoms with E-state index in [1.165, 1.54) is 34.0 Å². The van der Waals surface area contributed by atoms with E-state index in [1.807, 2.05) is 12.1 Å². The van der Waals surface area contributed by atoms with Crippen LogP contribution in [0.4, 0.5) is 8.28 Å². The fourth-order valence-electron chi connectivity index (χ4n) is 3.11. The van der Waals surface area contributed by atoms with Crippen LogP contribution in [0.5, 0.6) is 0 Å². The molecule has 0 saturated carbocycles. The van der Waals surface area contributed by atoms with Crippen molar-refractivity contribution in [1.82, 2.24) is 0 Å². The molecule has 0 spiro atoms. The SMILES string of the molecule is C=C(F)SC(=C)c1cc(CC(=O)O)c(-c2ccc(-c3sc(C(=C)SC(=C)SF)cc3CC(=O)O)s2)s1. The number of carbonyl (C=O) groups is 2. The van der Waals surface area contributed by atoms with Crippen molar-refractivity contribution in [3.63, 3.8) is 0 Å². The first kappa shape index (κ1) is 28.5. The molecule has 0 aliphatic heterocycles. The molecular formula is C24H18F2O4S6. The van der Waals surface area contributed by atoms with E-state index in [0.717, 1.165) is 43.0 Å². The van der Waals surface area contributed by atoms with Crippen molar-refractivity contribution in [1.29, 1.82) is 0 Å². The third-order valence-corrected chi connectivity index (χ3v) is 10.6. The number of hydrogen-bond donors (Lipinski definition) is 2. The third-order valence-electron chi connectivity index (χ3n) is 4.46. The number of aliphatic carboxylic acids is 2. The first-order valence-electron chi connectivity index (χ1n) is 9.84. The number of halogens is 2. The molecular weight excluding hydrogens is 583 g/mol. The molecule has 0 saturated heterocycles. The van der Waals surface area contributed by atoms with Crippen molar-refractivity contribution in [3.05, 3.63) is 80.9 Å². The highest BCUT2D eigenvalue weighted by Crippen LogP contribution is 2.48. The smallest absolute Gasteiger partial charge is 0.307 e. The van der Waals surface area contributed by atoms with Crippen molar-refractivity contribution in [3.8, 4) is 19.5 Å². The number of rotatable bonds is 13. The van der Waals surface area contributed by atoms with E-state index in [0.29, 0.717) is 30.7 Å². The van der Waals surface area contributed by atoms with Gasteiger partial charge in [-0.25, -0.2) is 0 Å². The van der Waals surface area contributed by atoms with Gasteiger partial charge < -0.3 is 10.2 Å². The Morgan fingerprint density at radius 1 is 0.806 bits per heavy atom. The highest BCUT2D eigenvalue weighted by molar-refractivity contribution is 8.25. The summed E-state index contributed by atoms with van der Waals surface area (Å²) in [4.78, 5) is 28.3. The average Bonchev–Trinajstić information content (AvgIpc) is 3.50. The van der Waals surface area contributed by atoms with Crippen LogP contribution in [0, 0.1) is 0 Å². The van der Waals surface area contributed by atoms with Crippen LogP contribution in [-0.2, 0) is 22.4 Å². The Bertz CT molecular complexity index is 1380. The van der Waals surface area contributed by atoms with Gasteiger partial charge in [0.05, 0.1) is 29.2 Å². The van der Waals surface area contributed by atoms with Gasteiger partial charge in [-0.3, -0.25) is 9.59 Å². The second-order valence-corrected chi connectivity index (χ2v) is 13.5. The van der Waals surface area contributed by atoms with Crippen LogP contribution >= 0.6 is 69.7 Å². The van der Waals surface area contributed by atoms with Crippen molar-refractivity contribution < 1.29 is 28.1 Å². The minimum atomic E-state index is -0.999. The summed E-state index contributed by atoms with van der Waals surface area (Å²) in [6.07, 6.45) is -0.415. The second-order valence-electron chi connectivity index (χ2n) is 7.09. The van der Waals surface area contributed by atoms with Crippen LogP contribution in [-0.4, -0.2) is 22.2 Å². The van der Waals surface area contributed by atoms with E-state index in [-0.39, 0.29) is 29.2 Å². The zero-order chi connectivity index (χ0) is 26.6. The van der Waals surface area contributed by atoms with E-state index in [9.17, 15) is 28.1 Å². The monoisotopic (exact) mass is 600 g/mol. The van der Waals surface area contributed by atoms with Crippen LogP contribution in [0.2, 0.25) is 0 Å². The van der Waals surface area contributed by atoms with Gasteiger partial charge in [0.1, 0.15) is 0 Å². The number of thioether (sulfide) groups is 2. The van der Waals surface area contributed by atoms with Crippen LogP contribution in [0.15, 0.2) is 60.0 Å². The molecule has 0 fully saturated rings. The Kier molecular flexibility index (Phi) is 9.84. The van der Waals surface area contributed by atoms with Crippen LogP contribution < -0.4 is 0 Å². The molecule has 2 N–H and O–H groups in total. The fraction of sp³-hybridized carbons (Fsp3) is 0.0833. The Balaban J connectivity index is 2.02. The maximum Gasteiger partial charge on any atom is 0.307 e. The molecule has 4 nitrogen and oxygen atoms in total. The number of thiophene rings is 3. The maximum absolute atomic E-state index is 13.3. The maximum atomic E-state index is 13.3. The summed E-state index contributed by atoms with van der Waals surface area (Å²) in [5, 5.41) is 18.2. The quantitative estimate of drug-likeness (QED) is 0.202. The summed E-state index contributed by atoms with van der Waals surface area (Å²) in [6, 6.07) is 7.13. The Morgan fingerprint density at radius 2 is 1.25 bits per heavy atom. The topological polar surface area (TPSA) is 74.6 Å². The normalized spacial score (nSPS) is 10.8. The minimum Gasteiger partial charge on any atom is -0.481 e. The number of carboxylic acid groups (broad SMARTS) is 2. The lowest BCUT2D eigenvalue weighted by Crippen LogP contribution is -1.99. The van der Waals surface area contributed by atoms with Gasteiger partial charge >= 0.3 is 11.9 Å². The first-order valence-corrected chi connectivity index (χ1v) is 14.6. The van der Waals surface area contributed by atoms with Crippen molar-refractivity contribution >= 4 is 91.4 Å². The van der Waals surface area contributed by atoms with E-state index in [1.54, 1.807) is 12.1 Å². The summed E-state index contributed by atoms with van der Waals surface area (Å²) < 4.78 is 26.3. The molecule has 0 aliphatic rings. The standard InChI is InChI=1S/C24H18F2O4S6/c1-11(31-13(3)25)19-7-15(9-21(27)28)23(34-19)17-5-6-18(33-17)24-16(10-22(29)30)8-20(35-24)12(2)32-14(4)36-26/h5-8H,1-4,9-10H2,(H,27,28)(H,29,30). The lowest BCUT2D eigenvalue weighted by molar-refractivity contribution is -0.137. The van der Waals surface area contributed by atoms with E-state index >= 15 is 0 Å². The van der Waals surface area contributed by atoms with Gasteiger partial charge in [0.2, 0.25) is 0 Å². The van der Waals surface area contributed by atoms with Crippen molar-refractivity contribution in [2.75, 3.05) is 0 Å². The lowest BCUT2D eigenvalue weighted by Gasteiger charge is -2.00. The molecule has 0 radical (unpaired) electrons. The van der Waals surface area contributed by atoms with E-state index < -0.39 is 17.1 Å². The summed E-state index contributed by atoms with van der Waals surface area (Å²) in [7, 11) is 0. The van der Waals surface area contributed by atoms with E-state index in [2.05, 4.69) is 26.3 Å². The zero-order valence-corrected chi connectivity index (χ0v) is 23.4. The van der Waals surface area contributed by atoms with E-state index in [4.69, 9.17) is 0 Å². The van der Waals surface area contributed by atoms with Crippen LogP contribution in [0.1, 0.15) is 20.9 Å². The largest absolute Gasteiger partial charge is 0.481 e. The third kappa shape index (κ3) is 7.24. The molecule has 3 aromatic heterocycles. The molecule has 0 aliphatic carbocycles. The van der Waals surface area contributed by atoms with Gasteiger partial charge in [0.25, 0.3) is 0 Å². The van der Waals surface area contributed by atoms with Gasteiger partial charge in [-0.05, 0) is 35.4 Å². The highest BCUT2D eigenvalue weighted by atomic mass is 32.2. The zero-order valence-electron chi connectivity index (χ0n) is 18.5. The molecule has 3 heterocycles. The summed E-state index contributed by atoms with van der Waals surface area (Å²) in [5.74, 6) is -1.99. The summed E-state index contributed by atoms with van der Waals surface area (Å²) >= 11 is 5.94. The number of carboxylic acids is 2. The molecule has 12 heteroatoms. The molecule has 0 aromatic carbocycles. The molecule has 0 amide bonds. The Labute approximate surface area is 231 Å². The molecule has 3 aromatic rings. The van der Waals surface area contributed by atoms with Gasteiger partial charge in [-0.2, -0.15) is 8.28 Å². The predicted octanol–water partition coefficient (Wildman–Crippen LogP) is 9.40. The van der Waals surface area contributed by atoms with Gasteiger partial charge in [-0.1, -0.05) is 49.8 Å². The van der Waals surface area contributed by atoms with Crippen LogP contribution in [0.25, 0.3) is 29.3 Å². The van der Waals surface area contributed by atoms with Crippen molar-refractivity contribution in [2.24, 2.45) is 0 Å². The first-order chi connectivity index (χ1) is 17.0. The van der Waals surface area contributed by atoms with Crippen molar-refractivity contribution in [2.45, 2.75) is 12.8 Å². The molecule has 188 valence electrons. The summed E-state index contributed by atoms with van der Waals surface area (Å²) in [6.45, 7) is 14.7. The number of hydrogen-bond acceptors (Lipinski definition) is 8. The lowest BCUT2D eigenvalue weighted by atomic mass is 10.1. The van der Waals surface area contributed by atoms with Gasteiger partial charge in [-0.15, -0.1) is 34.0 Å². The Hall–Kier alpha value is -2.09. The molecule has 0 unspecified atom stereocenters. The summed E-state index contributed by atoms with van der Waals surface area (Å²) in [5.41, 5.74) is 1.17. The fourth-order valence-corrected chi connectivity index (χ4v) is 8.28. The second kappa shape index (κ2) is 12.4. The van der Waals surface area contributed by atoms with Gasteiger partial charge in [0.15, 0.2) is 5.16 Å². The minimum absolute atomic E-state index is 0.0256. The average molecular weight is 601 g/mol. The molecule has 0 bridgehead atoms. The van der Waals surface area contributed by atoms with Gasteiger partial charge in [0, 0.05) is 39.1 Å². The highest BCUT2D eigenvalue weighted by Gasteiger charge is 2.21. The van der Waals surface area contributed by atoms with Crippen LogP contribution in [0.3, 0.4) is 0 Å².